The Morgan fingerprint density at radius 1 is 0.935 bits per heavy atom. The minimum absolute atomic E-state index is 0.351. The van der Waals surface area contributed by atoms with Gasteiger partial charge in [-0.05, 0) is 54.4 Å². The summed E-state index contributed by atoms with van der Waals surface area (Å²) in [5.74, 6) is 2.04. The zero-order valence-electron chi connectivity index (χ0n) is 17.1. The Balaban J connectivity index is 1.43. The van der Waals surface area contributed by atoms with Gasteiger partial charge in [-0.3, -0.25) is 0 Å². The van der Waals surface area contributed by atoms with Crippen LogP contribution in [0.25, 0.3) is 11.0 Å². The molecule has 4 rings (SSSR count). The van der Waals surface area contributed by atoms with Crippen molar-refractivity contribution in [3.05, 3.63) is 87.7 Å². The summed E-state index contributed by atoms with van der Waals surface area (Å²) in [6.45, 7) is 4.03. The van der Waals surface area contributed by atoms with Gasteiger partial charge in [0.1, 0.15) is 12.4 Å². The quantitative estimate of drug-likeness (QED) is 0.318. The minimum Gasteiger partial charge on any atom is -0.490 e. The second-order valence-corrected chi connectivity index (χ2v) is 7.90. The van der Waals surface area contributed by atoms with Gasteiger partial charge in [0, 0.05) is 11.6 Å². The van der Waals surface area contributed by atoms with E-state index >= 15 is 0 Å². The third-order valence-electron chi connectivity index (χ3n) is 4.70. The fourth-order valence-corrected chi connectivity index (χ4v) is 3.82. The van der Waals surface area contributed by atoms with Crippen LogP contribution in [0.15, 0.2) is 60.7 Å². The number of halogens is 2. The Labute approximate surface area is 191 Å². The van der Waals surface area contributed by atoms with Gasteiger partial charge >= 0.3 is 0 Å². The topological polar surface area (TPSA) is 59.2 Å². The molecule has 0 aliphatic heterocycles. The molecule has 0 aliphatic rings. The van der Waals surface area contributed by atoms with Gasteiger partial charge in [0.2, 0.25) is 0 Å². The molecule has 4 aromatic rings. The molecule has 0 aliphatic carbocycles. The third-order valence-corrected chi connectivity index (χ3v) is 5.22. The van der Waals surface area contributed by atoms with Crippen LogP contribution in [0.4, 0.5) is 0 Å². The van der Waals surface area contributed by atoms with Crippen molar-refractivity contribution >= 4 is 34.2 Å². The first-order chi connectivity index (χ1) is 15.1. The van der Waals surface area contributed by atoms with Gasteiger partial charge in [-0.25, -0.2) is 4.98 Å². The largest absolute Gasteiger partial charge is 0.490 e. The van der Waals surface area contributed by atoms with E-state index < -0.39 is 0 Å². The zero-order chi connectivity index (χ0) is 21.6. The van der Waals surface area contributed by atoms with Gasteiger partial charge in [0.15, 0.2) is 11.5 Å². The van der Waals surface area contributed by atoms with E-state index in [1.54, 1.807) is 0 Å². The Morgan fingerprint density at radius 2 is 1.81 bits per heavy atom. The standard InChI is InChI=1S/C24H23Cl2N3O2/c1-2-30-22-12-17(13-27-14-23-28-20-8-3-4-9-21(20)29-23)11-19(26)24(22)31-15-16-6-5-7-18(25)10-16/h3-12,27H,2,13-15H2,1H3,(H,28,29). The van der Waals surface area contributed by atoms with Crippen molar-refractivity contribution in [2.45, 2.75) is 26.6 Å². The number of benzene rings is 3. The number of nitrogens with one attached hydrogen (secondary N) is 2. The van der Waals surface area contributed by atoms with Gasteiger partial charge in [-0.2, -0.15) is 0 Å². The van der Waals surface area contributed by atoms with Crippen LogP contribution in [0.3, 0.4) is 0 Å². The number of ether oxygens (including phenoxy) is 2. The summed E-state index contributed by atoms with van der Waals surface area (Å²) in [5, 5.41) is 4.57. The summed E-state index contributed by atoms with van der Waals surface area (Å²) < 4.78 is 11.8. The Bertz CT molecular complexity index is 1140. The number of aromatic amines is 1. The summed E-state index contributed by atoms with van der Waals surface area (Å²) >= 11 is 12.6. The fraction of sp³-hybridized carbons (Fsp3) is 0.208. The molecule has 5 nitrogen and oxygen atoms in total. The zero-order valence-corrected chi connectivity index (χ0v) is 18.6. The average Bonchev–Trinajstić information content (AvgIpc) is 3.16. The maximum atomic E-state index is 6.54. The van der Waals surface area contributed by atoms with Gasteiger partial charge in [0.05, 0.1) is 29.2 Å². The molecule has 0 saturated heterocycles. The molecular formula is C24H23Cl2N3O2. The molecular weight excluding hydrogens is 433 g/mol. The smallest absolute Gasteiger partial charge is 0.180 e. The monoisotopic (exact) mass is 455 g/mol. The maximum absolute atomic E-state index is 6.54. The minimum atomic E-state index is 0.351. The second-order valence-electron chi connectivity index (χ2n) is 7.06. The summed E-state index contributed by atoms with van der Waals surface area (Å²) in [7, 11) is 0. The molecule has 31 heavy (non-hydrogen) atoms. The number of rotatable bonds is 9. The second kappa shape index (κ2) is 10.1. The molecule has 0 saturated carbocycles. The summed E-state index contributed by atoms with van der Waals surface area (Å²) in [4.78, 5) is 7.90. The third kappa shape index (κ3) is 5.50. The van der Waals surface area contributed by atoms with E-state index in [1.807, 2.05) is 67.6 Å². The van der Waals surface area contributed by atoms with Gasteiger partial charge in [0.25, 0.3) is 0 Å². The number of aromatic nitrogens is 2. The summed E-state index contributed by atoms with van der Waals surface area (Å²) in [5.41, 5.74) is 3.95. The van der Waals surface area contributed by atoms with Crippen molar-refractivity contribution < 1.29 is 9.47 Å². The van der Waals surface area contributed by atoms with Crippen LogP contribution in [-0.4, -0.2) is 16.6 Å². The molecule has 0 spiro atoms. The van der Waals surface area contributed by atoms with Gasteiger partial charge in [-0.1, -0.05) is 47.5 Å². The summed E-state index contributed by atoms with van der Waals surface area (Å²) in [6.07, 6.45) is 0. The highest BCUT2D eigenvalue weighted by atomic mass is 35.5. The highest BCUT2D eigenvalue weighted by Gasteiger charge is 2.13. The Hall–Kier alpha value is -2.73. The molecule has 2 N–H and O–H groups in total. The van der Waals surface area contributed by atoms with E-state index in [9.17, 15) is 0 Å². The first-order valence-corrected chi connectivity index (χ1v) is 10.8. The highest BCUT2D eigenvalue weighted by molar-refractivity contribution is 6.32. The van der Waals surface area contributed by atoms with Crippen molar-refractivity contribution in [2.75, 3.05) is 6.61 Å². The van der Waals surface area contributed by atoms with Crippen LogP contribution >= 0.6 is 23.2 Å². The van der Waals surface area contributed by atoms with Gasteiger partial charge < -0.3 is 19.8 Å². The fourth-order valence-electron chi connectivity index (χ4n) is 3.32. The van der Waals surface area contributed by atoms with E-state index in [0.717, 1.165) is 28.0 Å². The van der Waals surface area contributed by atoms with Crippen LogP contribution in [-0.2, 0) is 19.7 Å². The molecule has 0 atom stereocenters. The molecule has 0 unspecified atom stereocenters. The number of hydrogen-bond acceptors (Lipinski definition) is 4. The maximum Gasteiger partial charge on any atom is 0.180 e. The predicted octanol–water partition coefficient (Wildman–Crippen LogP) is 6.14. The first-order valence-electron chi connectivity index (χ1n) is 10.1. The van der Waals surface area contributed by atoms with E-state index in [0.29, 0.717) is 47.8 Å². The number of fused-ring (bicyclic) bond motifs is 1. The van der Waals surface area contributed by atoms with E-state index in [2.05, 4.69) is 15.3 Å². The van der Waals surface area contributed by atoms with Gasteiger partial charge in [-0.15, -0.1) is 0 Å². The number of imidazole rings is 1. The first kappa shape index (κ1) is 21.5. The summed E-state index contributed by atoms with van der Waals surface area (Å²) in [6, 6.07) is 19.4. The lowest BCUT2D eigenvalue weighted by molar-refractivity contribution is 0.269. The van der Waals surface area contributed by atoms with E-state index in [-0.39, 0.29) is 0 Å². The van der Waals surface area contributed by atoms with Crippen LogP contribution in [0, 0.1) is 0 Å². The van der Waals surface area contributed by atoms with Crippen molar-refractivity contribution in [2.24, 2.45) is 0 Å². The van der Waals surface area contributed by atoms with Crippen LogP contribution in [0.5, 0.6) is 11.5 Å². The van der Waals surface area contributed by atoms with Crippen LogP contribution in [0.1, 0.15) is 23.9 Å². The molecule has 0 radical (unpaired) electrons. The molecule has 3 aromatic carbocycles. The lowest BCUT2D eigenvalue weighted by atomic mass is 10.2. The Kier molecular flexibility index (Phi) is 6.97. The lowest BCUT2D eigenvalue weighted by Gasteiger charge is -2.16. The number of nitrogens with zero attached hydrogens (tertiary/aromatic N) is 1. The predicted molar refractivity (Wildman–Crippen MR) is 125 cm³/mol. The SMILES string of the molecule is CCOc1cc(CNCc2nc3ccccc3[nH]2)cc(Cl)c1OCc1cccc(Cl)c1. The highest BCUT2D eigenvalue weighted by Crippen LogP contribution is 2.37. The number of hydrogen-bond donors (Lipinski definition) is 2. The molecule has 160 valence electrons. The van der Waals surface area contributed by atoms with Crippen molar-refractivity contribution in [3.63, 3.8) is 0 Å². The molecule has 0 bridgehead atoms. The molecule has 0 amide bonds. The molecule has 7 heteroatoms. The molecule has 0 fully saturated rings. The lowest BCUT2D eigenvalue weighted by Crippen LogP contribution is -2.14. The molecule has 1 aromatic heterocycles. The number of H-pyrrole nitrogens is 1. The van der Waals surface area contributed by atoms with E-state index in [4.69, 9.17) is 32.7 Å². The molecule has 1 heterocycles. The van der Waals surface area contributed by atoms with Crippen molar-refractivity contribution in [3.8, 4) is 11.5 Å². The average molecular weight is 456 g/mol. The Morgan fingerprint density at radius 3 is 2.61 bits per heavy atom. The number of para-hydroxylation sites is 2. The van der Waals surface area contributed by atoms with E-state index in [1.165, 1.54) is 0 Å². The normalized spacial score (nSPS) is 11.1. The van der Waals surface area contributed by atoms with Crippen LogP contribution < -0.4 is 14.8 Å². The van der Waals surface area contributed by atoms with Crippen molar-refractivity contribution in [1.82, 2.24) is 15.3 Å². The van der Waals surface area contributed by atoms with Crippen molar-refractivity contribution in [1.29, 1.82) is 0 Å². The van der Waals surface area contributed by atoms with Crippen LogP contribution in [0.2, 0.25) is 10.0 Å².